The van der Waals surface area contributed by atoms with Crippen molar-refractivity contribution in [3.63, 3.8) is 0 Å². The maximum absolute atomic E-state index is 11.4. The lowest BCUT2D eigenvalue weighted by Gasteiger charge is -2.13. The summed E-state index contributed by atoms with van der Waals surface area (Å²) >= 11 is 1.37. The average molecular weight is 436 g/mol. The molecule has 3 aromatic rings. The van der Waals surface area contributed by atoms with Crippen molar-refractivity contribution in [2.45, 2.75) is 6.92 Å². The number of thiazole rings is 1. The molecule has 0 spiro atoms. The number of carbonyl (C=O) groups excluding carboxylic acids is 1. The number of nitrogens with zero attached hydrogens (tertiary/aromatic N) is 2. The topological polar surface area (TPSA) is 90.7 Å². The van der Waals surface area contributed by atoms with Crippen LogP contribution in [0.1, 0.15) is 17.5 Å². The lowest BCUT2D eigenvalue weighted by Crippen LogP contribution is -2.05. The van der Waals surface area contributed by atoms with Crippen LogP contribution in [-0.2, 0) is 4.79 Å². The summed E-state index contributed by atoms with van der Waals surface area (Å²) in [5.41, 5.74) is 2.72. The number of methoxy groups -OCH3 is 3. The summed E-state index contributed by atoms with van der Waals surface area (Å²) in [6.07, 6.45) is 1.68. The fourth-order valence-corrected chi connectivity index (χ4v) is 3.62. The summed E-state index contributed by atoms with van der Waals surface area (Å²) in [4.78, 5) is 16.0. The van der Waals surface area contributed by atoms with E-state index >= 15 is 0 Å². The van der Waals surface area contributed by atoms with Crippen molar-refractivity contribution in [1.29, 1.82) is 5.26 Å². The van der Waals surface area contributed by atoms with E-state index in [2.05, 4.69) is 11.1 Å². The molecule has 0 N–H and O–H groups in total. The third-order valence-electron chi connectivity index (χ3n) is 4.28. The number of carbonyl (C=O) groups is 1. The fourth-order valence-electron chi connectivity index (χ4n) is 2.83. The van der Waals surface area contributed by atoms with Crippen molar-refractivity contribution in [2.24, 2.45) is 0 Å². The zero-order chi connectivity index (χ0) is 22.4. The summed E-state index contributed by atoms with van der Waals surface area (Å²) in [7, 11) is 4.54. The van der Waals surface area contributed by atoms with E-state index in [1.165, 1.54) is 32.5 Å². The highest BCUT2D eigenvalue weighted by Crippen LogP contribution is 2.39. The second-order valence-electron chi connectivity index (χ2n) is 6.28. The Balaban J connectivity index is 1.97. The molecule has 0 aliphatic heterocycles. The highest BCUT2D eigenvalue weighted by Gasteiger charge is 2.17. The Kier molecular flexibility index (Phi) is 6.90. The Morgan fingerprint density at radius 1 is 1.06 bits per heavy atom. The van der Waals surface area contributed by atoms with Gasteiger partial charge in [0.05, 0.1) is 32.6 Å². The summed E-state index contributed by atoms with van der Waals surface area (Å²) in [5, 5.41) is 12.2. The first-order valence-electron chi connectivity index (χ1n) is 9.15. The number of aromatic nitrogens is 1. The van der Waals surface area contributed by atoms with E-state index < -0.39 is 5.97 Å². The van der Waals surface area contributed by atoms with E-state index in [0.29, 0.717) is 27.6 Å². The Hall–Kier alpha value is -3.83. The van der Waals surface area contributed by atoms with Crippen molar-refractivity contribution < 1.29 is 23.7 Å². The number of hydrogen-bond acceptors (Lipinski definition) is 8. The molecule has 0 amide bonds. The Labute approximate surface area is 184 Å². The van der Waals surface area contributed by atoms with Gasteiger partial charge in [-0.05, 0) is 48.0 Å². The van der Waals surface area contributed by atoms with E-state index in [1.807, 2.05) is 29.6 Å². The van der Waals surface area contributed by atoms with Gasteiger partial charge in [-0.1, -0.05) is 0 Å². The van der Waals surface area contributed by atoms with Gasteiger partial charge in [-0.15, -0.1) is 11.3 Å². The SMILES string of the molecule is COc1ccc(-c2csc(/C(C#N)=C\c3cc(OC)c(OC(C)=O)c(OC)c3)n2)cc1. The summed E-state index contributed by atoms with van der Waals surface area (Å²) < 4.78 is 21.1. The summed E-state index contributed by atoms with van der Waals surface area (Å²) in [6, 6.07) is 13.1. The van der Waals surface area contributed by atoms with Crippen molar-refractivity contribution in [2.75, 3.05) is 21.3 Å². The standard InChI is InChI=1S/C23H20N2O5S/c1-14(26)30-22-20(28-3)10-15(11-21(22)29-4)9-17(12-24)23-25-19(13-31-23)16-5-7-18(27-2)8-6-16/h5-11,13H,1-4H3/b17-9-. The van der Waals surface area contributed by atoms with Crippen molar-refractivity contribution in [3.8, 4) is 40.3 Å². The first-order chi connectivity index (χ1) is 15.0. The van der Waals surface area contributed by atoms with Crippen LogP contribution < -0.4 is 18.9 Å². The smallest absolute Gasteiger partial charge is 0.308 e. The molecule has 158 valence electrons. The number of allylic oxidation sites excluding steroid dienone is 1. The molecule has 0 bridgehead atoms. The van der Waals surface area contributed by atoms with Gasteiger partial charge in [0.2, 0.25) is 5.75 Å². The van der Waals surface area contributed by atoms with Crippen LogP contribution >= 0.6 is 11.3 Å². The number of esters is 1. The van der Waals surface area contributed by atoms with Gasteiger partial charge in [-0.3, -0.25) is 4.79 Å². The van der Waals surface area contributed by atoms with Crippen LogP contribution in [0.4, 0.5) is 0 Å². The molecule has 31 heavy (non-hydrogen) atoms. The van der Waals surface area contributed by atoms with Crippen LogP contribution in [0.15, 0.2) is 41.8 Å². The second-order valence-corrected chi connectivity index (χ2v) is 7.14. The molecule has 3 rings (SSSR count). The lowest BCUT2D eigenvalue weighted by molar-refractivity contribution is -0.132. The minimum Gasteiger partial charge on any atom is -0.497 e. The zero-order valence-electron chi connectivity index (χ0n) is 17.5. The average Bonchev–Trinajstić information content (AvgIpc) is 3.27. The number of hydrogen-bond donors (Lipinski definition) is 0. The lowest BCUT2D eigenvalue weighted by atomic mass is 10.1. The molecule has 0 radical (unpaired) electrons. The predicted octanol–water partition coefficient (Wildman–Crippen LogP) is 4.83. The van der Waals surface area contributed by atoms with E-state index in [1.54, 1.807) is 25.3 Å². The van der Waals surface area contributed by atoms with Crippen molar-refractivity contribution in [1.82, 2.24) is 4.98 Å². The van der Waals surface area contributed by atoms with E-state index in [9.17, 15) is 10.1 Å². The maximum atomic E-state index is 11.4. The molecule has 1 aromatic heterocycles. The van der Waals surface area contributed by atoms with Gasteiger partial charge in [0.1, 0.15) is 16.8 Å². The number of ether oxygens (including phenoxy) is 4. The largest absolute Gasteiger partial charge is 0.497 e. The number of nitriles is 1. The molecule has 0 saturated heterocycles. The summed E-state index contributed by atoms with van der Waals surface area (Å²) in [6.45, 7) is 1.29. The molecule has 7 nitrogen and oxygen atoms in total. The Morgan fingerprint density at radius 2 is 1.71 bits per heavy atom. The molecule has 1 heterocycles. The van der Waals surface area contributed by atoms with Gasteiger partial charge >= 0.3 is 5.97 Å². The van der Waals surface area contributed by atoms with Crippen molar-refractivity contribution in [3.05, 3.63) is 52.3 Å². The minimum absolute atomic E-state index is 0.184. The fraction of sp³-hybridized carbons (Fsp3) is 0.174. The van der Waals surface area contributed by atoms with Crippen LogP contribution in [-0.4, -0.2) is 32.3 Å². The summed E-state index contributed by atoms with van der Waals surface area (Å²) in [5.74, 6) is 1.08. The van der Waals surface area contributed by atoms with Crippen LogP contribution in [0.3, 0.4) is 0 Å². The monoisotopic (exact) mass is 436 g/mol. The predicted molar refractivity (Wildman–Crippen MR) is 118 cm³/mol. The Morgan fingerprint density at radius 3 is 2.23 bits per heavy atom. The highest BCUT2D eigenvalue weighted by atomic mass is 32.1. The molecule has 0 saturated carbocycles. The van der Waals surface area contributed by atoms with Crippen LogP contribution in [0.2, 0.25) is 0 Å². The number of rotatable bonds is 7. The normalized spacial score (nSPS) is 10.9. The molecule has 0 atom stereocenters. The highest BCUT2D eigenvalue weighted by molar-refractivity contribution is 7.11. The first-order valence-corrected chi connectivity index (χ1v) is 10.0. The van der Waals surface area contributed by atoms with Gasteiger partial charge in [0, 0.05) is 17.9 Å². The Bertz CT molecular complexity index is 1130. The van der Waals surface area contributed by atoms with Gasteiger partial charge < -0.3 is 18.9 Å². The zero-order valence-corrected chi connectivity index (χ0v) is 18.3. The third-order valence-corrected chi connectivity index (χ3v) is 5.16. The molecule has 2 aromatic carbocycles. The van der Waals surface area contributed by atoms with E-state index in [-0.39, 0.29) is 5.75 Å². The third kappa shape index (κ3) is 5.02. The quantitative estimate of drug-likeness (QED) is 0.298. The van der Waals surface area contributed by atoms with E-state index in [0.717, 1.165) is 17.0 Å². The molecule has 0 fully saturated rings. The molecular formula is C23H20N2O5S. The van der Waals surface area contributed by atoms with Crippen molar-refractivity contribution >= 4 is 29.0 Å². The molecule has 0 unspecified atom stereocenters. The second kappa shape index (κ2) is 9.78. The molecule has 8 heteroatoms. The van der Waals surface area contributed by atoms with Gasteiger partial charge in [-0.2, -0.15) is 5.26 Å². The molecule has 0 aliphatic rings. The first kappa shape index (κ1) is 21.9. The van der Waals surface area contributed by atoms with Crippen LogP contribution in [0.25, 0.3) is 22.9 Å². The molecule has 0 aliphatic carbocycles. The van der Waals surface area contributed by atoms with Gasteiger partial charge in [0.25, 0.3) is 0 Å². The van der Waals surface area contributed by atoms with Gasteiger partial charge in [-0.25, -0.2) is 4.98 Å². The van der Waals surface area contributed by atoms with Crippen LogP contribution in [0.5, 0.6) is 23.0 Å². The minimum atomic E-state index is -0.494. The maximum Gasteiger partial charge on any atom is 0.308 e. The van der Waals surface area contributed by atoms with Crippen LogP contribution in [0, 0.1) is 11.3 Å². The number of benzene rings is 2. The van der Waals surface area contributed by atoms with Gasteiger partial charge in [0.15, 0.2) is 11.5 Å². The molecular weight excluding hydrogens is 416 g/mol. The van der Waals surface area contributed by atoms with E-state index in [4.69, 9.17) is 18.9 Å².